The van der Waals surface area contributed by atoms with Crippen molar-refractivity contribution in [1.29, 1.82) is 0 Å². The normalized spacial score (nSPS) is 19.9. The summed E-state index contributed by atoms with van der Waals surface area (Å²) in [5.41, 5.74) is 1.29. The number of anilines is 1. The molecule has 0 spiro atoms. The van der Waals surface area contributed by atoms with E-state index in [4.69, 9.17) is 6.42 Å². The second kappa shape index (κ2) is 9.71. The number of carbonyl (C=O) groups is 1. The number of amides is 1. The second-order valence-electron chi connectivity index (χ2n) is 7.79. The number of piperidine rings is 1. The Morgan fingerprint density at radius 2 is 1.93 bits per heavy atom. The van der Waals surface area contributed by atoms with E-state index in [9.17, 15) is 13.2 Å². The number of aromatic nitrogens is 1. The first-order chi connectivity index (χ1) is 14.3. The Balaban J connectivity index is 1.59. The van der Waals surface area contributed by atoms with Gasteiger partial charge in [0.15, 0.2) is 5.13 Å². The van der Waals surface area contributed by atoms with E-state index in [1.807, 2.05) is 5.38 Å². The number of rotatable bonds is 7. The fourth-order valence-corrected chi connectivity index (χ4v) is 5.39. The smallest absolute Gasteiger partial charge is 0.257 e. The minimum Gasteiger partial charge on any atom is -0.298 e. The van der Waals surface area contributed by atoms with Gasteiger partial charge >= 0.3 is 0 Å². The summed E-state index contributed by atoms with van der Waals surface area (Å²) in [5.74, 6) is 3.24. The van der Waals surface area contributed by atoms with Crippen LogP contribution < -0.4 is 10.0 Å². The number of carbonyl (C=O) groups excluding carboxylic acids is 1. The zero-order valence-electron chi connectivity index (χ0n) is 17.1. The van der Waals surface area contributed by atoms with Gasteiger partial charge in [-0.1, -0.05) is 19.8 Å². The van der Waals surface area contributed by atoms with E-state index in [1.54, 1.807) is 0 Å². The quantitative estimate of drug-likeness (QED) is 0.638. The van der Waals surface area contributed by atoms with Crippen molar-refractivity contribution in [3.8, 4) is 12.3 Å². The zero-order chi connectivity index (χ0) is 21.7. The SMILES string of the molecule is C#CCNS(=O)(=O)c1ccc(C(=O)Nc2nc(CN3C[C@H](C)C[C@H](C)C3)cs2)cc1. The summed E-state index contributed by atoms with van der Waals surface area (Å²) in [5, 5.41) is 5.28. The molecule has 2 heterocycles. The summed E-state index contributed by atoms with van der Waals surface area (Å²) in [6, 6.07) is 5.68. The highest BCUT2D eigenvalue weighted by Gasteiger charge is 2.22. The van der Waals surface area contributed by atoms with E-state index in [-0.39, 0.29) is 17.3 Å². The topological polar surface area (TPSA) is 91.4 Å². The summed E-state index contributed by atoms with van der Waals surface area (Å²) >= 11 is 1.38. The van der Waals surface area contributed by atoms with Gasteiger partial charge in [0.2, 0.25) is 10.0 Å². The minimum atomic E-state index is -3.68. The molecule has 1 amide bonds. The van der Waals surface area contributed by atoms with E-state index in [1.165, 1.54) is 42.0 Å². The van der Waals surface area contributed by atoms with Gasteiger partial charge < -0.3 is 0 Å². The van der Waals surface area contributed by atoms with Crippen LogP contribution in [0.15, 0.2) is 34.5 Å². The molecule has 1 aromatic carbocycles. The van der Waals surface area contributed by atoms with Gasteiger partial charge in [-0.05, 0) is 42.5 Å². The molecule has 0 aliphatic carbocycles. The maximum absolute atomic E-state index is 12.5. The molecule has 2 atom stereocenters. The Morgan fingerprint density at radius 1 is 1.27 bits per heavy atom. The maximum Gasteiger partial charge on any atom is 0.257 e. The lowest BCUT2D eigenvalue weighted by Crippen LogP contribution is -2.38. The average Bonchev–Trinajstić information content (AvgIpc) is 3.12. The van der Waals surface area contributed by atoms with Gasteiger partial charge in [0.05, 0.1) is 17.1 Å². The van der Waals surface area contributed by atoms with Crippen LogP contribution in [0.3, 0.4) is 0 Å². The first-order valence-electron chi connectivity index (χ1n) is 9.78. The van der Waals surface area contributed by atoms with Crippen molar-refractivity contribution in [3.05, 3.63) is 40.9 Å². The van der Waals surface area contributed by atoms with Crippen LogP contribution in [0.4, 0.5) is 5.13 Å². The molecule has 1 aliphatic heterocycles. The predicted molar refractivity (Wildman–Crippen MR) is 119 cm³/mol. The number of likely N-dealkylation sites (tertiary alicyclic amines) is 1. The van der Waals surface area contributed by atoms with Crippen LogP contribution >= 0.6 is 11.3 Å². The van der Waals surface area contributed by atoms with Gasteiger partial charge in [-0.3, -0.25) is 15.0 Å². The average molecular weight is 447 g/mol. The second-order valence-corrected chi connectivity index (χ2v) is 10.4. The Labute approximate surface area is 182 Å². The lowest BCUT2D eigenvalue weighted by Gasteiger charge is -2.34. The lowest BCUT2D eigenvalue weighted by molar-refractivity contribution is 0.102. The van der Waals surface area contributed by atoms with Crippen LogP contribution in [0.5, 0.6) is 0 Å². The monoisotopic (exact) mass is 446 g/mol. The van der Waals surface area contributed by atoms with E-state index in [0.717, 1.165) is 25.3 Å². The molecule has 0 saturated carbocycles. The first-order valence-corrected chi connectivity index (χ1v) is 12.1. The molecule has 7 nitrogen and oxygen atoms in total. The van der Waals surface area contributed by atoms with Crippen molar-refractivity contribution in [1.82, 2.24) is 14.6 Å². The van der Waals surface area contributed by atoms with Crippen LogP contribution in [0.25, 0.3) is 0 Å². The van der Waals surface area contributed by atoms with E-state index >= 15 is 0 Å². The Morgan fingerprint density at radius 3 is 2.57 bits per heavy atom. The summed E-state index contributed by atoms with van der Waals surface area (Å²) < 4.78 is 26.4. The van der Waals surface area contributed by atoms with Crippen LogP contribution in [0.1, 0.15) is 36.3 Å². The number of nitrogens with zero attached hydrogens (tertiary/aromatic N) is 2. The van der Waals surface area contributed by atoms with Gasteiger partial charge in [0.1, 0.15) is 0 Å². The highest BCUT2D eigenvalue weighted by atomic mass is 32.2. The number of thiazole rings is 1. The van der Waals surface area contributed by atoms with Gasteiger partial charge in [-0.2, -0.15) is 4.72 Å². The number of benzene rings is 1. The van der Waals surface area contributed by atoms with E-state index in [2.05, 4.69) is 39.7 Å². The van der Waals surface area contributed by atoms with Crippen molar-refractivity contribution in [2.45, 2.75) is 31.7 Å². The van der Waals surface area contributed by atoms with Crippen molar-refractivity contribution < 1.29 is 13.2 Å². The molecular weight excluding hydrogens is 420 g/mol. The van der Waals surface area contributed by atoms with Gasteiger partial charge in [-0.15, -0.1) is 17.8 Å². The highest BCUT2D eigenvalue weighted by Crippen LogP contribution is 2.24. The minimum absolute atomic E-state index is 0.0517. The molecule has 30 heavy (non-hydrogen) atoms. The molecule has 160 valence electrons. The summed E-state index contributed by atoms with van der Waals surface area (Å²) in [6.07, 6.45) is 6.34. The summed E-state index contributed by atoms with van der Waals surface area (Å²) in [4.78, 5) is 19.5. The molecule has 1 aromatic heterocycles. The van der Waals surface area contributed by atoms with E-state index < -0.39 is 10.0 Å². The van der Waals surface area contributed by atoms with Gasteiger partial charge in [0, 0.05) is 30.6 Å². The highest BCUT2D eigenvalue weighted by molar-refractivity contribution is 7.89. The van der Waals surface area contributed by atoms with Crippen LogP contribution in [-0.4, -0.2) is 43.8 Å². The van der Waals surface area contributed by atoms with Crippen molar-refractivity contribution >= 4 is 32.4 Å². The van der Waals surface area contributed by atoms with Crippen molar-refractivity contribution in [2.75, 3.05) is 25.0 Å². The molecule has 0 unspecified atom stereocenters. The van der Waals surface area contributed by atoms with Crippen LogP contribution in [0, 0.1) is 24.2 Å². The zero-order valence-corrected chi connectivity index (χ0v) is 18.7. The summed E-state index contributed by atoms with van der Waals surface area (Å²) in [7, 11) is -3.68. The molecule has 3 rings (SSSR count). The number of hydrogen-bond acceptors (Lipinski definition) is 6. The molecule has 9 heteroatoms. The van der Waals surface area contributed by atoms with Crippen molar-refractivity contribution in [3.63, 3.8) is 0 Å². The van der Waals surface area contributed by atoms with Gasteiger partial charge in [-0.25, -0.2) is 13.4 Å². The lowest BCUT2D eigenvalue weighted by atomic mass is 9.92. The van der Waals surface area contributed by atoms with Gasteiger partial charge in [0.25, 0.3) is 5.91 Å². The third-order valence-electron chi connectivity index (χ3n) is 4.89. The molecule has 0 radical (unpaired) electrons. The number of nitrogens with one attached hydrogen (secondary N) is 2. The largest absolute Gasteiger partial charge is 0.298 e. The number of hydrogen-bond donors (Lipinski definition) is 2. The molecule has 1 fully saturated rings. The molecular formula is C21H26N4O3S2. The Kier molecular flexibility index (Phi) is 7.26. The number of terminal acetylenes is 1. The third-order valence-corrected chi connectivity index (χ3v) is 7.12. The Bertz CT molecular complexity index is 1020. The molecule has 2 aromatic rings. The van der Waals surface area contributed by atoms with Crippen molar-refractivity contribution in [2.24, 2.45) is 11.8 Å². The molecule has 1 aliphatic rings. The Hall–Kier alpha value is -2.25. The summed E-state index contributed by atoms with van der Waals surface area (Å²) in [6.45, 7) is 7.36. The van der Waals surface area contributed by atoms with E-state index in [0.29, 0.717) is 22.5 Å². The molecule has 0 bridgehead atoms. The molecule has 2 N–H and O–H groups in total. The molecule has 1 saturated heterocycles. The maximum atomic E-state index is 12.5. The predicted octanol–water partition coefficient (Wildman–Crippen LogP) is 2.78. The standard InChI is InChI=1S/C21H26N4O3S2/c1-4-9-22-30(27,28)19-7-5-17(6-8-19)20(26)24-21-23-18(14-29-21)13-25-11-15(2)10-16(3)12-25/h1,5-8,14-16,22H,9-13H2,2-3H3,(H,23,24,26)/t15-,16+. The fourth-order valence-electron chi connectivity index (χ4n) is 3.76. The third kappa shape index (κ3) is 5.89. The fraction of sp³-hybridized carbons (Fsp3) is 0.429. The first kappa shape index (κ1) is 22.4. The van der Waals surface area contributed by atoms with Crippen LogP contribution in [0.2, 0.25) is 0 Å². The van der Waals surface area contributed by atoms with Crippen LogP contribution in [-0.2, 0) is 16.6 Å². The number of sulfonamides is 1.